The van der Waals surface area contributed by atoms with E-state index in [2.05, 4.69) is 17.1 Å². The van der Waals surface area contributed by atoms with E-state index < -0.39 is 0 Å². The molecule has 78 valence electrons. The van der Waals surface area contributed by atoms with Crippen LogP contribution in [0.1, 0.15) is 16.3 Å². The predicted octanol–water partition coefficient (Wildman–Crippen LogP) is 4.39. The number of aryl methyl sites for hydroxylation is 3. The number of hydrogen-bond donors (Lipinski definition) is 0. The molecule has 0 radical (unpaired) electrons. The first-order valence-corrected chi connectivity index (χ1v) is 5.98. The van der Waals surface area contributed by atoms with Gasteiger partial charge in [-0.3, -0.25) is 0 Å². The van der Waals surface area contributed by atoms with Crippen LogP contribution in [-0.2, 0) is 0 Å². The molecule has 0 saturated heterocycles. The fraction of sp³-hybridized carbons (Fsp3) is 0.250. The van der Waals surface area contributed by atoms with Crippen molar-refractivity contribution in [3.63, 3.8) is 0 Å². The highest BCUT2D eigenvalue weighted by atomic mass is 35.5. The van der Waals surface area contributed by atoms with Crippen molar-refractivity contribution in [1.29, 1.82) is 0 Å². The molecule has 1 aromatic carbocycles. The van der Waals surface area contributed by atoms with Crippen molar-refractivity contribution in [3.8, 4) is 10.4 Å². The Labute approximate surface area is 98.7 Å². The smallest absolute Gasteiger partial charge is 0.0903 e. The van der Waals surface area contributed by atoms with Gasteiger partial charge in [-0.25, -0.2) is 4.98 Å². The summed E-state index contributed by atoms with van der Waals surface area (Å²) in [6, 6.07) is 6.14. The van der Waals surface area contributed by atoms with Gasteiger partial charge in [0.05, 0.1) is 15.6 Å². The zero-order valence-corrected chi connectivity index (χ0v) is 10.5. The summed E-state index contributed by atoms with van der Waals surface area (Å²) in [6.07, 6.45) is 0. The highest BCUT2D eigenvalue weighted by Gasteiger charge is 2.10. The summed E-state index contributed by atoms with van der Waals surface area (Å²) in [4.78, 5) is 5.59. The molecule has 0 saturated carbocycles. The monoisotopic (exact) mass is 237 g/mol. The van der Waals surface area contributed by atoms with Gasteiger partial charge in [0.2, 0.25) is 0 Å². The number of benzene rings is 1. The Morgan fingerprint density at radius 3 is 2.47 bits per heavy atom. The number of thiazole rings is 1. The Morgan fingerprint density at radius 1 is 1.20 bits per heavy atom. The van der Waals surface area contributed by atoms with E-state index in [1.54, 1.807) is 11.3 Å². The van der Waals surface area contributed by atoms with E-state index in [0.717, 1.165) is 21.3 Å². The van der Waals surface area contributed by atoms with Gasteiger partial charge in [-0.2, -0.15) is 0 Å². The quantitative estimate of drug-likeness (QED) is 0.717. The molecule has 0 fully saturated rings. The molecule has 1 nitrogen and oxygen atoms in total. The highest BCUT2D eigenvalue weighted by Crippen LogP contribution is 2.34. The molecule has 0 aliphatic rings. The Balaban J connectivity index is 2.59. The van der Waals surface area contributed by atoms with Crippen LogP contribution in [0.15, 0.2) is 18.2 Å². The van der Waals surface area contributed by atoms with Crippen molar-refractivity contribution in [2.45, 2.75) is 20.8 Å². The molecule has 0 atom stereocenters. The maximum atomic E-state index is 6.22. The predicted molar refractivity (Wildman–Crippen MR) is 66.8 cm³/mol. The molecule has 2 rings (SSSR count). The van der Waals surface area contributed by atoms with Gasteiger partial charge in [0.25, 0.3) is 0 Å². The number of hydrogen-bond acceptors (Lipinski definition) is 2. The molecule has 3 heteroatoms. The zero-order valence-electron chi connectivity index (χ0n) is 8.97. The minimum Gasteiger partial charge on any atom is -0.246 e. The average Bonchev–Trinajstić information content (AvgIpc) is 2.45. The lowest BCUT2D eigenvalue weighted by Crippen LogP contribution is -1.81. The third-order valence-corrected chi connectivity index (χ3v) is 3.69. The maximum absolute atomic E-state index is 6.22. The van der Waals surface area contributed by atoms with E-state index in [9.17, 15) is 0 Å². The first-order valence-electron chi connectivity index (χ1n) is 4.78. The second-order valence-corrected chi connectivity index (χ2v) is 5.24. The van der Waals surface area contributed by atoms with Crippen molar-refractivity contribution in [2.75, 3.05) is 0 Å². The number of nitrogens with zero attached hydrogens (tertiary/aromatic N) is 1. The maximum Gasteiger partial charge on any atom is 0.0903 e. The van der Waals surface area contributed by atoms with Crippen molar-refractivity contribution >= 4 is 22.9 Å². The first kappa shape index (κ1) is 10.7. The third-order valence-electron chi connectivity index (χ3n) is 2.27. The van der Waals surface area contributed by atoms with E-state index in [-0.39, 0.29) is 0 Å². The van der Waals surface area contributed by atoms with Gasteiger partial charge in [-0.05, 0) is 32.4 Å². The van der Waals surface area contributed by atoms with Gasteiger partial charge < -0.3 is 0 Å². The van der Waals surface area contributed by atoms with Crippen LogP contribution in [0.25, 0.3) is 10.4 Å². The summed E-state index contributed by atoms with van der Waals surface area (Å²) in [6.45, 7) is 6.08. The van der Waals surface area contributed by atoms with Crippen LogP contribution >= 0.6 is 22.9 Å². The second-order valence-electron chi connectivity index (χ2n) is 3.63. The van der Waals surface area contributed by atoms with E-state index in [4.69, 9.17) is 11.6 Å². The Kier molecular flexibility index (Phi) is 2.81. The molecule has 1 heterocycles. The van der Waals surface area contributed by atoms with Crippen LogP contribution in [0.5, 0.6) is 0 Å². The molecule has 0 unspecified atom stereocenters. The molecule has 0 bridgehead atoms. The average molecular weight is 238 g/mol. The van der Waals surface area contributed by atoms with Crippen molar-refractivity contribution in [2.24, 2.45) is 0 Å². The van der Waals surface area contributed by atoms with Gasteiger partial charge in [-0.1, -0.05) is 23.7 Å². The lowest BCUT2D eigenvalue weighted by atomic mass is 10.1. The van der Waals surface area contributed by atoms with Crippen LogP contribution in [0.4, 0.5) is 0 Å². The van der Waals surface area contributed by atoms with E-state index in [1.165, 1.54) is 10.4 Å². The molecule has 0 N–H and O–H groups in total. The van der Waals surface area contributed by atoms with Gasteiger partial charge >= 0.3 is 0 Å². The molecule has 0 aliphatic carbocycles. The van der Waals surface area contributed by atoms with Crippen LogP contribution in [0, 0.1) is 20.8 Å². The molecule has 0 aliphatic heterocycles. The summed E-state index contributed by atoms with van der Waals surface area (Å²) < 4.78 is 0. The van der Waals surface area contributed by atoms with Crippen LogP contribution in [0.2, 0.25) is 5.02 Å². The molecule has 2 aromatic rings. The number of aromatic nitrogens is 1. The SMILES string of the molecule is Cc1ccc(-c2sc(C)nc2C)c(Cl)c1. The largest absolute Gasteiger partial charge is 0.246 e. The fourth-order valence-corrected chi connectivity index (χ4v) is 2.93. The third kappa shape index (κ3) is 2.06. The van der Waals surface area contributed by atoms with Crippen molar-refractivity contribution in [3.05, 3.63) is 39.5 Å². The second kappa shape index (κ2) is 3.95. The topological polar surface area (TPSA) is 12.9 Å². The van der Waals surface area contributed by atoms with E-state index in [0.29, 0.717) is 0 Å². The summed E-state index contributed by atoms with van der Waals surface area (Å²) in [5.41, 5.74) is 3.33. The first-order chi connectivity index (χ1) is 7.08. The van der Waals surface area contributed by atoms with Crippen molar-refractivity contribution < 1.29 is 0 Å². The molecule has 0 amide bonds. The Hall–Kier alpha value is -0.860. The lowest BCUT2D eigenvalue weighted by Gasteiger charge is -2.03. The normalized spacial score (nSPS) is 10.7. The highest BCUT2D eigenvalue weighted by molar-refractivity contribution is 7.15. The fourth-order valence-electron chi connectivity index (χ4n) is 1.59. The number of rotatable bonds is 1. The van der Waals surface area contributed by atoms with Crippen LogP contribution < -0.4 is 0 Å². The summed E-state index contributed by atoms with van der Waals surface area (Å²) in [5.74, 6) is 0. The molecular weight excluding hydrogens is 226 g/mol. The minimum absolute atomic E-state index is 0.807. The Bertz CT molecular complexity index is 502. The standard InChI is InChI=1S/C12H12ClNS/c1-7-4-5-10(11(13)6-7)12-8(2)14-9(3)15-12/h4-6H,1-3H3. The van der Waals surface area contributed by atoms with Gasteiger partial charge in [0, 0.05) is 10.6 Å². The number of halogens is 1. The van der Waals surface area contributed by atoms with Gasteiger partial charge in [-0.15, -0.1) is 11.3 Å². The van der Waals surface area contributed by atoms with Gasteiger partial charge in [0.15, 0.2) is 0 Å². The molecular formula is C12H12ClNS. The van der Waals surface area contributed by atoms with Gasteiger partial charge in [0.1, 0.15) is 0 Å². The summed E-state index contributed by atoms with van der Waals surface area (Å²) >= 11 is 7.92. The molecule has 0 spiro atoms. The van der Waals surface area contributed by atoms with Crippen LogP contribution in [0.3, 0.4) is 0 Å². The van der Waals surface area contributed by atoms with Crippen LogP contribution in [-0.4, -0.2) is 4.98 Å². The van der Waals surface area contributed by atoms with E-state index >= 15 is 0 Å². The van der Waals surface area contributed by atoms with Crippen molar-refractivity contribution in [1.82, 2.24) is 4.98 Å². The zero-order chi connectivity index (χ0) is 11.0. The summed E-state index contributed by atoms with van der Waals surface area (Å²) in [7, 11) is 0. The summed E-state index contributed by atoms with van der Waals surface area (Å²) in [5, 5.41) is 1.89. The molecule has 1 aromatic heterocycles. The molecule has 15 heavy (non-hydrogen) atoms. The minimum atomic E-state index is 0.807. The van der Waals surface area contributed by atoms with E-state index in [1.807, 2.05) is 26.8 Å². The Morgan fingerprint density at radius 2 is 1.93 bits per heavy atom. The lowest BCUT2D eigenvalue weighted by molar-refractivity contribution is 1.20.